The van der Waals surface area contributed by atoms with Gasteiger partial charge in [0.05, 0.1) is 13.2 Å². The molecule has 0 heterocycles. The molecule has 2 atom stereocenters. The van der Waals surface area contributed by atoms with Crippen LogP contribution in [0, 0.1) is 5.92 Å². The molecule has 0 aliphatic heterocycles. The van der Waals surface area contributed by atoms with Gasteiger partial charge in [-0.1, -0.05) is 24.3 Å². The molecule has 0 aliphatic carbocycles. The number of benzene rings is 1. The van der Waals surface area contributed by atoms with Crippen molar-refractivity contribution < 1.29 is 19.7 Å². The molecular formula is C12H14O4. The quantitative estimate of drug-likeness (QED) is 0.743. The minimum atomic E-state index is -1.16. The van der Waals surface area contributed by atoms with E-state index >= 15 is 0 Å². The van der Waals surface area contributed by atoms with Crippen molar-refractivity contribution in [3.63, 3.8) is 0 Å². The molecule has 0 saturated carbocycles. The van der Waals surface area contributed by atoms with Crippen LogP contribution in [0.25, 0.3) is 0 Å². The van der Waals surface area contributed by atoms with E-state index in [1.165, 1.54) is 13.2 Å². The van der Waals surface area contributed by atoms with Crippen molar-refractivity contribution in [3.05, 3.63) is 42.5 Å². The van der Waals surface area contributed by atoms with Crippen LogP contribution >= 0.6 is 0 Å². The van der Waals surface area contributed by atoms with Crippen molar-refractivity contribution in [1.29, 1.82) is 0 Å². The Morgan fingerprint density at radius 1 is 1.50 bits per heavy atom. The third-order valence-corrected chi connectivity index (χ3v) is 2.34. The molecule has 86 valence electrons. The van der Waals surface area contributed by atoms with Gasteiger partial charge in [-0.3, -0.25) is 4.79 Å². The van der Waals surface area contributed by atoms with Crippen molar-refractivity contribution >= 4 is 5.97 Å². The van der Waals surface area contributed by atoms with Gasteiger partial charge >= 0.3 is 5.97 Å². The van der Waals surface area contributed by atoms with Crippen LogP contribution in [0.15, 0.2) is 36.9 Å². The summed E-state index contributed by atoms with van der Waals surface area (Å²) in [5.74, 6) is -1.70. The molecular weight excluding hydrogens is 208 g/mol. The fourth-order valence-electron chi connectivity index (χ4n) is 1.47. The summed E-state index contributed by atoms with van der Waals surface area (Å²) in [5, 5.41) is 18.8. The predicted molar refractivity (Wildman–Crippen MR) is 59.3 cm³/mol. The van der Waals surface area contributed by atoms with Gasteiger partial charge in [-0.2, -0.15) is 0 Å². The Balaban J connectivity index is 3.07. The first-order chi connectivity index (χ1) is 7.61. The predicted octanol–water partition coefficient (Wildman–Crippen LogP) is 1.62. The van der Waals surface area contributed by atoms with Gasteiger partial charge in [0.1, 0.15) is 11.7 Å². The number of carbonyl (C=O) groups is 1. The molecule has 0 saturated heterocycles. The molecule has 4 nitrogen and oxygen atoms in total. The van der Waals surface area contributed by atoms with E-state index in [9.17, 15) is 9.90 Å². The first-order valence-corrected chi connectivity index (χ1v) is 4.78. The first-order valence-electron chi connectivity index (χ1n) is 4.78. The van der Waals surface area contributed by atoms with Gasteiger partial charge in [0.25, 0.3) is 0 Å². The van der Waals surface area contributed by atoms with E-state index in [-0.39, 0.29) is 0 Å². The van der Waals surface area contributed by atoms with E-state index < -0.39 is 18.0 Å². The average molecular weight is 222 g/mol. The van der Waals surface area contributed by atoms with Crippen LogP contribution < -0.4 is 4.74 Å². The maximum Gasteiger partial charge on any atom is 0.313 e. The fourth-order valence-corrected chi connectivity index (χ4v) is 1.47. The smallest absolute Gasteiger partial charge is 0.313 e. The molecule has 0 spiro atoms. The number of methoxy groups -OCH3 is 1. The Labute approximate surface area is 93.8 Å². The third kappa shape index (κ3) is 2.41. The van der Waals surface area contributed by atoms with Gasteiger partial charge < -0.3 is 14.9 Å². The van der Waals surface area contributed by atoms with Crippen LogP contribution in [0.4, 0.5) is 0 Å². The molecule has 0 aromatic heterocycles. The summed E-state index contributed by atoms with van der Waals surface area (Å²) in [6, 6.07) is 6.76. The number of carboxylic acids is 1. The maximum absolute atomic E-state index is 10.9. The number of aliphatic hydroxyl groups excluding tert-OH is 1. The maximum atomic E-state index is 10.9. The van der Waals surface area contributed by atoms with Crippen LogP contribution in [0.3, 0.4) is 0 Å². The van der Waals surface area contributed by atoms with Crippen molar-refractivity contribution in [3.8, 4) is 5.75 Å². The molecule has 4 heteroatoms. The Morgan fingerprint density at radius 3 is 2.62 bits per heavy atom. The zero-order valence-corrected chi connectivity index (χ0v) is 8.96. The van der Waals surface area contributed by atoms with Crippen molar-refractivity contribution in [2.45, 2.75) is 6.10 Å². The number of hydrogen-bond acceptors (Lipinski definition) is 3. The molecule has 16 heavy (non-hydrogen) atoms. The van der Waals surface area contributed by atoms with Gasteiger partial charge in [0.2, 0.25) is 0 Å². The van der Waals surface area contributed by atoms with E-state index in [0.29, 0.717) is 11.3 Å². The Morgan fingerprint density at radius 2 is 2.12 bits per heavy atom. The number of carboxylic acid groups (broad SMARTS) is 1. The lowest BCUT2D eigenvalue weighted by Gasteiger charge is -2.18. The number of para-hydroxylation sites is 1. The molecule has 0 amide bonds. The average Bonchev–Trinajstić information content (AvgIpc) is 2.29. The zero-order valence-electron chi connectivity index (χ0n) is 8.96. The largest absolute Gasteiger partial charge is 0.496 e. The standard InChI is InChI=1S/C12H14O4/c1-3-8(12(14)15)11(13)9-6-4-5-7-10(9)16-2/h3-8,11,13H,1H2,2H3,(H,14,15)/t8-,11-/m1/s1. The van der Waals surface area contributed by atoms with Gasteiger partial charge in [0, 0.05) is 5.56 Å². The third-order valence-electron chi connectivity index (χ3n) is 2.34. The highest BCUT2D eigenvalue weighted by Gasteiger charge is 2.26. The van der Waals surface area contributed by atoms with Crippen molar-refractivity contribution in [2.75, 3.05) is 7.11 Å². The summed E-state index contributed by atoms with van der Waals surface area (Å²) >= 11 is 0. The number of ether oxygens (including phenoxy) is 1. The molecule has 1 aromatic rings. The fraction of sp³-hybridized carbons (Fsp3) is 0.250. The minimum Gasteiger partial charge on any atom is -0.496 e. The number of aliphatic carboxylic acids is 1. The second-order valence-corrected chi connectivity index (χ2v) is 3.29. The Kier molecular flexibility index (Phi) is 4.08. The summed E-state index contributed by atoms with van der Waals surface area (Å²) in [6.45, 7) is 3.40. The highest BCUT2D eigenvalue weighted by molar-refractivity contribution is 5.73. The van der Waals surface area contributed by atoms with Crippen molar-refractivity contribution in [1.82, 2.24) is 0 Å². The van der Waals surface area contributed by atoms with Gasteiger partial charge in [0.15, 0.2) is 0 Å². The molecule has 0 aliphatic rings. The Hall–Kier alpha value is -1.81. The monoisotopic (exact) mass is 222 g/mol. The summed E-state index contributed by atoms with van der Waals surface area (Å²) in [7, 11) is 1.47. The van der Waals surface area contributed by atoms with Gasteiger partial charge in [-0.25, -0.2) is 0 Å². The van der Waals surface area contributed by atoms with Crippen LogP contribution in [-0.4, -0.2) is 23.3 Å². The lowest BCUT2D eigenvalue weighted by molar-refractivity contribution is -0.143. The molecule has 0 fully saturated rings. The topological polar surface area (TPSA) is 66.8 Å². The number of hydrogen-bond donors (Lipinski definition) is 2. The summed E-state index contributed by atoms with van der Waals surface area (Å²) < 4.78 is 5.05. The van der Waals surface area contributed by atoms with E-state index in [2.05, 4.69) is 6.58 Å². The summed E-state index contributed by atoms with van der Waals surface area (Å²) in [6.07, 6.45) is 0.0468. The molecule has 2 N–H and O–H groups in total. The van der Waals surface area contributed by atoms with Gasteiger partial charge in [-0.05, 0) is 6.07 Å². The van der Waals surface area contributed by atoms with E-state index in [0.717, 1.165) is 0 Å². The van der Waals surface area contributed by atoms with Crippen LogP contribution in [0.1, 0.15) is 11.7 Å². The number of rotatable bonds is 5. The first kappa shape index (κ1) is 12.3. The summed E-state index contributed by atoms with van der Waals surface area (Å²) in [5.41, 5.74) is 0.442. The second-order valence-electron chi connectivity index (χ2n) is 3.29. The summed E-state index contributed by atoms with van der Waals surface area (Å²) in [4.78, 5) is 10.9. The zero-order chi connectivity index (χ0) is 12.1. The van der Waals surface area contributed by atoms with Crippen LogP contribution in [-0.2, 0) is 4.79 Å². The lowest BCUT2D eigenvalue weighted by atomic mass is 9.95. The SMILES string of the molecule is C=C[C@@H](C(=O)O)[C@@H](O)c1ccccc1OC. The molecule has 0 bridgehead atoms. The van der Waals surface area contributed by atoms with Crippen LogP contribution in [0.5, 0.6) is 5.75 Å². The highest BCUT2D eigenvalue weighted by Crippen LogP contribution is 2.30. The molecule has 0 radical (unpaired) electrons. The van der Waals surface area contributed by atoms with Gasteiger partial charge in [-0.15, -0.1) is 6.58 Å². The van der Waals surface area contributed by atoms with E-state index in [1.807, 2.05) is 0 Å². The lowest BCUT2D eigenvalue weighted by Crippen LogP contribution is -2.20. The molecule has 1 rings (SSSR count). The number of aliphatic hydroxyl groups is 1. The highest BCUT2D eigenvalue weighted by atomic mass is 16.5. The normalized spacial score (nSPS) is 13.9. The molecule has 1 aromatic carbocycles. The van der Waals surface area contributed by atoms with Crippen molar-refractivity contribution in [2.24, 2.45) is 5.92 Å². The molecule has 0 unspecified atom stereocenters. The second kappa shape index (κ2) is 5.32. The Bertz CT molecular complexity index is 386. The van der Waals surface area contributed by atoms with E-state index in [1.54, 1.807) is 24.3 Å². The van der Waals surface area contributed by atoms with Crippen LogP contribution in [0.2, 0.25) is 0 Å². The minimum absolute atomic E-state index is 0.442. The van der Waals surface area contributed by atoms with E-state index in [4.69, 9.17) is 9.84 Å².